The predicted molar refractivity (Wildman–Crippen MR) is 136 cm³/mol. The molecule has 1 aliphatic heterocycles. The molecule has 33 heavy (non-hydrogen) atoms. The van der Waals surface area contributed by atoms with Gasteiger partial charge < -0.3 is 9.47 Å². The highest BCUT2D eigenvalue weighted by atomic mass is 16.6. The molecule has 2 aromatic carbocycles. The second kappa shape index (κ2) is 14.1. The van der Waals surface area contributed by atoms with E-state index in [1.807, 2.05) is 0 Å². The Morgan fingerprint density at radius 2 is 1.33 bits per heavy atom. The lowest BCUT2D eigenvalue weighted by atomic mass is 9.94. The first kappa shape index (κ1) is 25.3. The van der Waals surface area contributed by atoms with Crippen molar-refractivity contribution in [3.8, 4) is 16.9 Å². The van der Waals surface area contributed by atoms with Gasteiger partial charge in [0.05, 0.1) is 12.5 Å². The van der Waals surface area contributed by atoms with Crippen molar-refractivity contribution in [3.05, 3.63) is 54.1 Å². The smallest absolute Gasteiger partial charge is 0.309 e. The second-order valence-corrected chi connectivity index (χ2v) is 9.47. The van der Waals surface area contributed by atoms with Crippen molar-refractivity contribution >= 4 is 5.97 Å². The minimum Gasteiger partial charge on any atom is -0.494 e. The quantitative estimate of drug-likeness (QED) is 0.201. The van der Waals surface area contributed by atoms with Crippen LogP contribution in [-0.4, -0.2) is 12.6 Å². The van der Waals surface area contributed by atoms with Crippen LogP contribution in [0.25, 0.3) is 11.1 Å². The molecule has 0 aliphatic carbocycles. The molecule has 1 saturated heterocycles. The standard InChI is InChI=1S/C30H42O3/c1-3-5-7-9-10-12-22-32-28-20-18-25(19-21-28)24-14-16-26(17-15-24)29-23-27(30(31)33-29)13-11-8-6-4-2/h14-21,27,29H,3-13,22-23H2,1-2H3. The van der Waals surface area contributed by atoms with Gasteiger partial charge in [-0.05, 0) is 41.7 Å². The topological polar surface area (TPSA) is 35.5 Å². The summed E-state index contributed by atoms with van der Waals surface area (Å²) in [5, 5.41) is 0. The molecule has 0 N–H and O–H groups in total. The van der Waals surface area contributed by atoms with Crippen LogP contribution in [0, 0.1) is 5.92 Å². The lowest BCUT2D eigenvalue weighted by Crippen LogP contribution is -2.06. The highest BCUT2D eigenvalue weighted by molar-refractivity contribution is 5.75. The maximum atomic E-state index is 12.3. The largest absolute Gasteiger partial charge is 0.494 e. The molecule has 3 nitrogen and oxygen atoms in total. The molecule has 1 aliphatic rings. The van der Waals surface area contributed by atoms with Crippen LogP contribution in [0.1, 0.15) is 103 Å². The van der Waals surface area contributed by atoms with E-state index in [1.165, 1.54) is 62.5 Å². The van der Waals surface area contributed by atoms with Crippen molar-refractivity contribution in [2.45, 2.75) is 97.0 Å². The Labute approximate surface area is 200 Å². The summed E-state index contributed by atoms with van der Waals surface area (Å²) in [6.07, 6.45) is 14.1. The molecule has 0 saturated carbocycles. The maximum Gasteiger partial charge on any atom is 0.309 e. The van der Waals surface area contributed by atoms with Crippen LogP contribution in [0.5, 0.6) is 5.75 Å². The first-order valence-electron chi connectivity index (χ1n) is 13.2. The molecule has 180 valence electrons. The Morgan fingerprint density at radius 3 is 2.00 bits per heavy atom. The Bertz CT molecular complexity index is 809. The Kier molecular flexibility index (Phi) is 10.8. The van der Waals surface area contributed by atoms with Gasteiger partial charge in [-0.25, -0.2) is 0 Å². The van der Waals surface area contributed by atoms with Gasteiger partial charge in [0.2, 0.25) is 0 Å². The SMILES string of the molecule is CCCCCCCCOc1ccc(-c2ccc(C3CC(CCCCCC)C(=O)O3)cc2)cc1. The number of rotatable bonds is 15. The van der Waals surface area contributed by atoms with Gasteiger partial charge in [-0.2, -0.15) is 0 Å². The van der Waals surface area contributed by atoms with Crippen molar-refractivity contribution in [1.82, 2.24) is 0 Å². The molecule has 0 bridgehead atoms. The van der Waals surface area contributed by atoms with E-state index in [1.54, 1.807) is 0 Å². The molecule has 3 rings (SSSR count). The van der Waals surface area contributed by atoms with Crippen LogP contribution >= 0.6 is 0 Å². The number of cyclic esters (lactones) is 1. The Morgan fingerprint density at radius 1 is 0.758 bits per heavy atom. The number of hydrogen-bond acceptors (Lipinski definition) is 3. The number of hydrogen-bond donors (Lipinski definition) is 0. The molecule has 2 atom stereocenters. The molecular formula is C30H42O3. The highest BCUT2D eigenvalue weighted by Gasteiger charge is 2.34. The van der Waals surface area contributed by atoms with Crippen molar-refractivity contribution in [2.24, 2.45) is 5.92 Å². The van der Waals surface area contributed by atoms with Gasteiger partial charge in [0.25, 0.3) is 0 Å². The zero-order valence-electron chi connectivity index (χ0n) is 20.7. The average molecular weight is 451 g/mol. The number of esters is 1. The van der Waals surface area contributed by atoms with E-state index >= 15 is 0 Å². The minimum absolute atomic E-state index is 0.0166. The normalized spacial score (nSPS) is 17.8. The van der Waals surface area contributed by atoms with Crippen LogP contribution in [0.2, 0.25) is 0 Å². The molecular weight excluding hydrogens is 408 g/mol. The molecule has 0 amide bonds. The number of carbonyl (C=O) groups excluding carboxylic acids is 1. The van der Waals surface area contributed by atoms with Crippen molar-refractivity contribution in [2.75, 3.05) is 6.61 Å². The third-order valence-electron chi connectivity index (χ3n) is 6.73. The van der Waals surface area contributed by atoms with Crippen LogP contribution in [0.3, 0.4) is 0 Å². The fourth-order valence-electron chi connectivity index (χ4n) is 4.60. The van der Waals surface area contributed by atoms with E-state index in [4.69, 9.17) is 9.47 Å². The van der Waals surface area contributed by atoms with Gasteiger partial charge in [-0.15, -0.1) is 0 Å². The van der Waals surface area contributed by atoms with Crippen LogP contribution < -0.4 is 4.74 Å². The maximum absolute atomic E-state index is 12.3. The lowest BCUT2D eigenvalue weighted by molar-refractivity contribution is -0.144. The van der Waals surface area contributed by atoms with Gasteiger partial charge in [0, 0.05) is 6.42 Å². The van der Waals surface area contributed by atoms with E-state index < -0.39 is 0 Å². The minimum atomic E-state index is -0.0968. The second-order valence-electron chi connectivity index (χ2n) is 9.47. The van der Waals surface area contributed by atoms with Gasteiger partial charge in [-0.1, -0.05) is 108 Å². The van der Waals surface area contributed by atoms with Gasteiger partial charge in [0.1, 0.15) is 11.9 Å². The molecule has 1 heterocycles. The van der Waals surface area contributed by atoms with Gasteiger partial charge in [0.15, 0.2) is 0 Å². The summed E-state index contributed by atoms with van der Waals surface area (Å²) in [4.78, 5) is 12.3. The average Bonchev–Trinajstić information content (AvgIpc) is 3.22. The summed E-state index contributed by atoms with van der Waals surface area (Å²) in [6.45, 7) is 5.25. The van der Waals surface area contributed by atoms with Gasteiger partial charge in [-0.3, -0.25) is 4.79 Å². The molecule has 1 fully saturated rings. The van der Waals surface area contributed by atoms with Crippen molar-refractivity contribution < 1.29 is 14.3 Å². The van der Waals surface area contributed by atoms with Gasteiger partial charge >= 0.3 is 5.97 Å². The molecule has 2 aromatic rings. The van der Waals surface area contributed by atoms with E-state index in [9.17, 15) is 4.79 Å². The first-order valence-corrected chi connectivity index (χ1v) is 13.2. The number of unbranched alkanes of at least 4 members (excludes halogenated alkanes) is 8. The molecule has 0 radical (unpaired) electrons. The van der Waals surface area contributed by atoms with Crippen LogP contribution in [0.15, 0.2) is 48.5 Å². The van der Waals surface area contributed by atoms with Crippen molar-refractivity contribution in [1.29, 1.82) is 0 Å². The zero-order valence-corrected chi connectivity index (χ0v) is 20.7. The van der Waals surface area contributed by atoms with E-state index in [0.717, 1.165) is 43.6 Å². The van der Waals surface area contributed by atoms with E-state index in [0.29, 0.717) is 0 Å². The van der Waals surface area contributed by atoms with Crippen LogP contribution in [0.4, 0.5) is 0 Å². The van der Waals surface area contributed by atoms with Crippen molar-refractivity contribution in [3.63, 3.8) is 0 Å². The molecule has 3 heteroatoms. The van der Waals surface area contributed by atoms with E-state index in [2.05, 4.69) is 62.4 Å². The monoisotopic (exact) mass is 450 g/mol. The summed E-state index contributed by atoms with van der Waals surface area (Å²) in [7, 11) is 0. The van der Waals surface area contributed by atoms with E-state index in [-0.39, 0.29) is 18.0 Å². The Balaban J connectivity index is 1.44. The third-order valence-corrected chi connectivity index (χ3v) is 6.73. The van der Waals surface area contributed by atoms with Crippen LogP contribution in [-0.2, 0) is 9.53 Å². The number of ether oxygens (including phenoxy) is 2. The number of carbonyl (C=O) groups is 1. The first-order chi connectivity index (χ1) is 16.2. The molecule has 0 spiro atoms. The predicted octanol–water partition coefficient (Wildman–Crippen LogP) is 8.67. The highest BCUT2D eigenvalue weighted by Crippen LogP contribution is 2.36. The fourth-order valence-corrected chi connectivity index (χ4v) is 4.60. The molecule has 2 unspecified atom stereocenters. The molecule has 0 aromatic heterocycles. The third kappa shape index (κ3) is 8.21. The summed E-state index contributed by atoms with van der Waals surface area (Å²) >= 11 is 0. The summed E-state index contributed by atoms with van der Waals surface area (Å²) in [5.41, 5.74) is 3.44. The zero-order chi connectivity index (χ0) is 23.3. The Hall–Kier alpha value is -2.29. The lowest BCUT2D eigenvalue weighted by Gasteiger charge is -2.11. The fraction of sp³-hybridized carbons (Fsp3) is 0.567. The summed E-state index contributed by atoms with van der Waals surface area (Å²) in [6, 6.07) is 16.8. The summed E-state index contributed by atoms with van der Waals surface area (Å²) in [5.74, 6) is 0.985. The number of benzene rings is 2. The summed E-state index contributed by atoms with van der Waals surface area (Å²) < 4.78 is 11.6.